The van der Waals surface area contributed by atoms with Gasteiger partial charge in [0, 0.05) is 30.3 Å². The lowest BCUT2D eigenvalue weighted by atomic mass is 9.95. The van der Waals surface area contributed by atoms with Gasteiger partial charge in [-0.25, -0.2) is 4.98 Å². The molecular weight excluding hydrogens is 334 g/mol. The van der Waals surface area contributed by atoms with Crippen LogP contribution in [0.5, 0.6) is 5.88 Å². The smallest absolute Gasteiger partial charge is 0.213 e. The topological polar surface area (TPSA) is 111 Å². The second-order valence-corrected chi connectivity index (χ2v) is 6.51. The van der Waals surface area contributed by atoms with Crippen LogP contribution in [0.3, 0.4) is 0 Å². The molecule has 0 radical (unpaired) electrons. The first kappa shape index (κ1) is 18.7. The van der Waals surface area contributed by atoms with Crippen LogP contribution in [0, 0.1) is 0 Å². The molecule has 0 amide bonds. The van der Waals surface area contributed by atoms with E-state index in [1.165, 1.54) is 0 Å². The number of methoxy groups -OCH3 is 1. The van der Waals surface area contributed by atoms with Crippen molar-refractivity contribution in [1.29, 1.82) is 0 Å². The SMILES string of the molecule is COc1ccc2nccc(/C=C/C3CCC(N)C(CC(O)CO)O3)c2n1. The van der Waals surface area contributed by atoms with Crippen molar-refractivity contribution >= 4 is 17.1 Å². The Bertz CT molecular complexity index is 768. The van der Waals surface area contributed by atoms with Crippen LogP contribution in [-0.2, 0) is 4.74 Å². The number of nitrogens with two attached hydrogens (primary N) is 1. The molecular formula is C19H25N3O4. The normalized spacial score (nSPS) is 24.8. The molecule has 140 valence electrons. The zero-order valence-electron chi connectivity index (χ0n) is 14.8. The van der Waals surface area contributed by atoms with Crippen molar-refractivity contribution < 1.29 is 19.7 Å². The van der Waals surface area contributed by atoms with Crippen LogP contribution in [0.2, 0.25) is 0 Å². The van der Waals surface area contributed by atoms with Crippen LogP contribution in [-0.4, -0.2) is 58.3 Å². The molecule has 0 aliphatic carbocycles. The van der Waals surface area contributed by atoms with E-state index in [2.05, 4.69) is 9.97 Å². The van der Waals surface area contributed by atoms with Crippen LogP contribution in [0.15, 0.2) is 30.5 Å². The summed E-state index contributed by atoms with van der Waals surface area (Å²) in [4.78, 5) is 8.80. The number of aliphatic hydroxyl groups is 2. The third-order valence-corrected chi connectivity index (χ3v) is 4.62. The fourth-order valence-electron chi connectivity index (χ4n) is 3.14. The van der Waals surface area contributed by atoms with Gasteiger partial charge >= 0.3 is 0 Å². The van der Waals surface area contributed by atoms with E-state index in [4.69, 9.17) is 20.3 Å². The van der Waals surface area contributed by atoms with Crippen LogP contribution in [0.25, 0.3) is 17.1 Å². The van der Waals surface area contributed by atoms with E-state index < -0.39 is 6.10 Å². The highest BCUT2D eigenvalue weighted by atomic mass is 16.5. The van der Waals surface area contributed by atoms with Crippen LogP contribution in [0.4, 0.5) is 0 Å². The molecule has 1 saturated heterocycles. The standard InChI is InChI=1S/C19H25N3O4/c1-25-18-7-6-16-19(22-18)12(8-9-21-16)2-3-14-4-5-15(20)17(26-14)10-13(24)11-23/h2-3,6-9,13-15,17,23-24H,4-5,10-11,20H2,1H3/b3-2+. The van der Waals surface area contributed by atoms with E-state index in [0.29, 0.717) is 12.3 Å². The molecule has 1 fully saturated rings. The summed E-state index contributed by atoms with van der Waals surface area (Å²) in [5, 5.41) is 18.7. The van der Waals surface area contributed by atoms with Gasteiger partial charge in [-0.15, -0.1) is 0 Å². The number of hydrogen-bond acceptors (Lipinski definition) is 7. The minimum absolute atomic E-state index is 0.0977. The average Bonchev–Trinajstić information content (AvgIpc) is 2.67. The van der Waals surface area contributed by atoms with Crippen molar-refractivity contribution in [3.63, 3.8) is 0 Å². The molecule has 0 saturated carbocycles. The minimum atomic E-state index is -0.811. The highest BCUT2D eigenvalue weighted by Gasteiger charge is 2.29. The maximum absolute atomic E-state index is 9.66. The molecule has 1 aliphatic heterocycles. The number of fused-ring (bicyclic) bond motifs is 1. The number of rotatable bonds is 6. The van der Waals surface area contributed by atoms with Gasteiger partial charge in [0.1, 0.15) is 0 Å². The van der Waals surface area contributed by atoms with E-state index in [1.54, 1.807) is 19.4 Å². The van der Waals surface area contributed by atoms with E-state index in [1.807, 2.05) is 24.3 Å². The fraction of sp³-hybridized carbons (Fsp3) is 0.474. The predicted octanol–water partition coefficient (Wildman–Crippen LogP) is 1.27. The summed E-state index contributed by atoms with van der Waals surface area (Å²) >= 11 is 0. The Balaban J connectivity index is 1.76. The summed E-state index contributed by atoms with van der Waals surface area (Å²) in [5.74, 6) is 0.540. The summed E-state index contributed by atoms with van der Waals surface area (Å²) < 4.78 is 11.2. The lowest BCUT2D eigenvalue weighted by Gasteiger charge is -2.34. The Kier molecular flexibility index (Phi) is 6.16. The van der Waals surface area contributed by atoms with Gasteiger partial charge in [-0.2, -0.15) is 0 Å². The Morgan fingerprint density at radius 3 is 3.00 bits per heavy atom. The Hall–Kier alpha value is -2.06. The molecule has 0 aromatic carbocycles. The van der Waals surface area contributed by atoms with Gasteiger partial charge in [0.2, 0.25) is 5.88 Å². The molecule has 4 N–H and O–H groups in total. The zero-order chi connectivity index (χ0) is 18.5. The van der Waals surface area contributed by atoms with Crippen molar-refractivity contribution in [1.82, 2.24) is 9.97 Å². The van der Waals surface area contributed by atoms with Crippen molar-refractivity contribution in [3.8, 4) is 5.88 Å². The Labute approximate surface area is 152 Å². The van der Waals surface area contributed by atoms with Gasteiger partial charge in [-0.3, -0.25) is 4.98 Å². The van der Waals surface area contributed by atoms with Gasteiger partial charge in [-0.05, 0) is 25.0 Å². The monoisotopic (exact) mass is 359 g/mol. The average molecular weight is 359 g/mol. The number of pyridine rings is 2. The van der Waals surface area contributed by atoms with Gasteiger partial charge < -0.3 is 25.4 Å². The Morgan fingerprint density at radius 2 is 2.23 bits per heavy atom. The molecule has 26 heavy (non-hydrogen) atoms. The van der Waals surface area contributed by atoms with Crippen molar-refractivity contribution in [2.75, 3.05) is 13.7 Å². The number of aliphatic hydroxyl groups excluding tert-OH is 2. The lowest BCUT2D eigenvalue weighted by molar-refractivity contribution is -0.0648. The molecule has 7 heteroatoms. The molecule has 3 heterocycles. The predicted molar refractivity (Wildman–Crippen MR) is 98.7 cm³/mol. The van der Waals surface area contributed by atoms with Gasteiger partial charge in [0.25, 0.3) is 0 Å². The lowest BCUT2D eigenvalue weighted by Crippen LogP contribution is -2.45. The first-order valence-corrected chi connectivity index (χ1v) is 8.78. The summed E-state index contributed by atoms with van der Waals surface area (Å²) in [5.41, 5.74) is 8.58. The van der Waals surface area contributed by atoms with E-state index in [9.17, 15) is 5.11 Å². The van der Waals surface area contributed by atoms with E-state index in [0.717, 1.165) is 29.4 Å². The maximum atomic E-state index is 9.66. The summed E-state index contributed by atoms with van der Waals surface area (Å²) in [6.07, 6.45) is 6.47. The second kappa shape index (κ2) is 8.55. The summed E-state index contributed by atoms with van der Waals surface area (Å²) in [6.45, 7) is -0.288. The van der Waals surface area contributed by atoms with Crippen molar-refractivity contribution in [3.05, 3.63) is 36.0 Å². The van der Waals surface area contributed by atoms with Gasteiger partial charge in [0.05, 0.1) is 43.1 Å². The first-order chi connectivity index (χ1) is 12.6. The highest BCUT2D eigenvalue weighted by molar-refractivity contribution is 5.84. The van der Waals surface area contributed by atoms with Crippen LogP contribution < -0.4 is 10.5 Å². The minimum Gasteiger partial charge on any atom is -0.481 e. The number of nitrogens with zero attached hydrogens (tertiary/aromatic N) is 2. The largest absolute Gasteiger partial charge is 0.481 e. The highest BCUT2D eigenvalue weighted by Crippen LogP contribution is 2.24. The summed E-state index contributed by atoms with van der Waals surface area (Å²) in [7, 11) is 1.58. The number of aromatic nitrogens is 2. The van der Waals surface area contributed by atoms with Crippen LogP contribution in [0.1, 0.15) is 24.8 Å². The molecule has 7 nitrogen and oxygen atoms in total. The molecule has 2 aromatic heterocycles. The number of hydrogen-bond donors (Lipinski definition) is 3. The molecule has 0 spiro atoms. The Morgan fingerprint density at radius 1 is 1.38 bits per heavy atom. The maximum Gasteiger partial charge on any atom is 0.213 e. The first-order valence-electron chi connectivity index (χ1n) is 8.78. The van der Waals surface area contributed by atoms with Crippen molar-refractivity contribution in [2.45, 2.75) is 43.6 Å². The van der Waals surface area contributed by atoms with E-state index in [-0.39, 0.29) is 24.9 Å². The molecule has 4 atom stereocenters. The van der Waals surface area contributed by atoms with E-state index >= 15 is 0 Å². The van der Waals surface area contributed by atoms with Gasteiger partial charge in [-0.1, -0.05) is 12.2 Å². The summed E-state index contributed by atoms with van der Waals surface area (Å²) in [6, 6.07) is 5.42. The third kappa shape index (κ3) is 4.37. The quantitative estimate of drug-likeness (QED) is 0.712. The molecule has 2 aromatic rings. The molecule has 1 aliphatic rings. The molecule has 3 rings (SSSR count). The van der Waals surface area contributed by atoms with Gasteiger partial charge in [0.15, 0.2) is 0 Å². The molecule has 4 unspecified atom stereocenters. The third-order valence-electron chi connectivity index (χ3n) is 4.62. The second-order valence-electron chi connectivity index (χ2n) is 6.51. The molecule has 0 bridgehead atoms. The van der Waals surface area contributed by atoms with Crippen LogP contribution >= 0.6 is 0 Å². The zero-order valence-corrected chi connectivity index (χ0v) is 14.8. The van der Waals surface area contributed by atoms with Crippen molar-refractivity contribution in [2.24, 2.45) is 5.73 Å². The fourth-order valence-corrected chi connectivity index (χ4v) is 3.14. The number of ether oxygens (including phenoxy) is 2.